The van der Waals surface area contributed by atoms with Gasteiger partial charge >= 0.3 is 0 Å². The Balaban J connectivity index is 2.92. The highest BCUT2D eigenvalue weighted by atomic mass is 16.5. The molecule has 0 amide bonds. The van der Waals surface area contributed by atoms with Gasteiger partial charge in [0.1, 0.15) is 0 Å². The monoisotopic (exact) mass is 269 g/mol. The molecule has 3 N–H and O–H groups in total. The summed E-state index contributed by atoms with van der Waals surface area (Å²) in [6.07, 6.45) is 0.839. The standard InChI is InChI=1S/C14H23NO4/c1-4-12(15-11(8-16)9-17)10-5-6-13(18-2)14(7-10)19-3/h5-7,11-12,15-17H,4,8-9H2,1-3H3. The number of ether oxygens (including phenoxy) is 2. The van der Waals surface area contributed by atoms with E-state index in [1.54, 1.807) is 14.2 Å². The summed E-state index contributed by atoms with van der Waals surface area (Å²) >= 11 is 0. The molecule has 0 spiro atoms. The van der Waals surface area contributed by atoms with Gasteiger partial charge in [0.05, 0.1) is 33.5 Å². The van der Waals surface area contributed by atoms with Crippen LogP contribution in [0.3, 0.4) is 0 Å². The maximum atomic E-state index is 9.13. The Morgan fingerprint density at radius 3 is 2.21 bits per heavy atom. The summed E-state index contributed by atoms with van der Waals surface area (Å²) in [5, 5.41) is 21.5. The zero-order valence-electron chi connectivity index (χ0n) is 11.7. The molecule has 0 aromatic heterocycles. The van der Waals surface area contributed by atoms with Crippen LogP contribution in [0, 0.1) is 0 Å². The van der Waals surface area contributed by atoms with E-state index in [0.29, 0.717) is 11.5 Å². The number of hydrogen-bond acceptors (Lipinski definition) is 5. The molecule has 1 rings (SSSR count). The van der Waals surface area contributed by atoms with Crippen molar-refractivity contribution in [3.63, 3.8) is 0 Å². The lowest BCUT2D eigenvalue weighted by Gasteiger charge is -2.23. The fourth-order valence-corrected chi connectivity index (χ4v) is 1.97. The lowest BCUT2D eigenvalue weighted by molar-refractivity contribution is 0.161. The van der Waals surface area contributed by atoms with Crippen molar-refractivity contribution in [1.82, 2.24) is 5.32 Å². The van der Waals surface area contributed by atoms with E-state index in [1.807, 2.05) is 25.1 Å². The first kappa shape index (κ1) is 15.8. The molecule has 19 heavy (non-hydrogen) atoms. The zero-order chi connectivity index (χ0) is 14.3. The van der Waals surface area contributed by atoms with Crippen LogP contribution in [-0.4, -0.2) is 43.7 Å². The molecule has 1 aromatic carbocycles. The SMILES string of the molecule is CCC(NC(CO)CO)c1ccc(OC)c(OC)c1. The van der Waals surface area contributed by atoms with Crippen LogP contribution >= 0.6 is 0 Å². The van der Waals surface area contributed by atoms with Crippen molar-refractivity contribution in [3.8, 4) is 11.5 Å². The number of benzene rings is 1. The van der Waals surface area contributed by atoms with Crippen molar-refractivity contribution >= 4 is 0 Å². The van der Waals surface area contributed by atoms with Gasteiger partial charge in [-0.2, -0.15) is 0 Å². The third-order valence-corrected chi connectivity index (χ3v) is 3.10. The first-order chi connectivity index (χ1) is 9.19. The number of aliphatic hydroxyl groups excluding tert-OH is 2. The number of aliphatic hydroxyl groups is 2. The summed E-state index contributed by atoms with van der Waals surface area (Å²) in [5.74, 6) is 1.35. The van der Waals surface area contributed by atoms with E-state index in [4.69, 9.17) is 19.7 Å². The molecule has 0 heterocycles. The summed E-state index contributed by atoms with van der Waals surface area (Å²) in [4.78, 5) is 0. The second-order valence-corrected chi connectivity index (χ2v) is 4.30. The van der Waals surface area contributed by atoms with Crippen LogP contribution in [0.5, 0.6) is 11.5 Å². The summed E-state index contributed by atoms with van der Waals surface area (Å²) in [7, 11) is 3.20. The Bertz CT molecular complexity index is 380. The van der Waals surface area contributed by atoms with Crippen LogP contribution in [0.1, 0.15) is 24.9 Å². The smallest absolute Gasteiger partial charge is 0.161 e. The maximum Gasteiger partial charge on any atom is 0.161 e. The minimum absolute atomic E-state index is 0.0455. The molecular weight excluding hydrogens is 246 g/mol. The van der Waals surface area contributed by atoms with Crippen molar-refractivity contribution < 1.29 is 19.7 Å². The minimum Gasteiger partial charge on any atom is -0.493 e. The van der Waals surface area contributed by atoms with Gasteiger partial charge in [-0.15, -0.1) is 0 Å². The molecule has 0 aliphatic heterocycles. The average Bonchev–Trinajstić information content (AvgIpc) is 2.48. The number of nitrogens with one attached hydrogen (secondary N) is 1. The fourth-order valence-electron chi connectivity index (χ4n) is 1.97. The third-order valence-electron chi connectivity index (χ3n) is 3.10. The van der Waals surface area contributed by atoms with Gasteiger partial charge in [-0.05, 0) is 24.1 Å². The molecule has 5 nitrogen and oxygen atoms in total. The Morgan fingerprint density at radius 2 is 1.74 bits per heavy atom. The second-order valence-electron chi connectivity index (χ2n) is 4.30. The van der Waals surface area contributed by atoms with Gasteiger partial charge < -0.3 is 25.0 Å². The summed E-state index contributed by atoms with van der Waals surface area (Å²) in [6.45, 7) is 1.85. The number of methoxy groups -OCH3 is 2. The highest BCUT2D eigenvalue weighted by molar-refractivity contribution is 5.43. The van der Waals surface area contributed by atoms with Crippen LogP contribution in [0.25, 0.3) is 0 Å². The Kier molecular flexibility index (Phi) is 6.62. The molecule has 1 aromatic rings. The molecule has 0 aliphatic carbocycles. The van der Waals surface area contributed by atoms with Gasteiger partial charge in [-0.25, -0.2) is 0 Å². The largest absolute Gasteiger partial charge is 0.493 e. The van der Waals surface area contributed by atoms with E-state index in [-0.39, 0.29) is 25.3 Å². The Labute approximate surface area is 114 Å². The second kappa shape index (κ2) is 7.99. The van der Waals surface area contributed by atoms with E-state index in [9.17, 15) is 0 Å². The van der Waals surface area contributed by atoms with Gasteiger partial charge in [0.15, 0.2) is 11.5 Å². The normalized spacial score (nSPS) is 12.5. The third kappa shape index (κ3) is 4.09. The summed E-state index contributed by atoms with van der Waals surface area (Å²) in [6, 6.07) is 5.44. The molecule has 0 aliphatic rings. The molecule has 5 heteroatoms. The van der Waals surface area contributed by atoms with Crippen LogP contribution in [0.4, 0.5) is 0 Å². The minimum atomic E-state index is -0.321. The van der Waals surface area contributed by atoms with Crippen LogP contribution < -0.4 is 14.8 Å². The Hall–Kier alpha value is -1.30. The molecular formula is C14H23NO4. The summed E-state index contributed by atoms with van der Waals surface area (Å²) in [5.41, 5.74) is 1.03. The molecule has 0 saturated carbocycles. The molecule has 0 saturated heterocycles. The quantitative estimate of drug-likeness (QED) is 0.659. The first-order valence-corrected chi connectivity index (χ1v) is 6.39. The van der Waals surface area contributed by atoms with E-state index in [1.165, 1.54) is 0 Å². The van der Waals surface area contributed by atoms with Gasteiger partial charge in [-0.1, -0.05) is 13.0 Å². The topological polar surface area (TPSA) is 71.0 Å². The highest BCUT2D eigenvalue weighted by Crippen LogP contribution is 2.30. The molecule has 0 radical (unpaired) electrons. The summed E-state index contributed by atoms with van der Waals surface area (Å²) < 4.78 is 10.5. The lowest BCUT2D eigenvalue weighted by atomic mass is 10.0. The van der Waals surface area contributed by atoms with E-state index in [0.717, 1.165) is 12.0 Å². The van der Waals surface area contributed by atoms with Gasteiger partial charge in [0, 0.05) is 6.04 Å². The van der Waals surface area contributed by atoms with Crippen molar-refractivity contribution in [1.29, 1.82) is 0 Å². The average molecular weight is 269 g/mol. The van der Waals surface area contributed by atoms with E-state index in [2.05, 4.69) is 5.32 Å². The predicted molar refractivity (Wildman–Crippen MR) is 73.7 cm³/mol. The van der Waals surface area contributed by atoms with Crippen molar-refractivity contribution in [2.75, 3.05) is 27.4 Å². The van der Waals surface area contributed by atoms with Gasteiger partial charge in [0.25, 0.3) is 0 Å². The highest BCUT2D eigenvalue weighted by Gasteiger charge is 2.16. The molecule has 108 valence electrons. The first-order valence-electron chi connectivity index (χ1n) is 6.39. The number of hydrogen-bond donors (Lipinski definition) is 3. The van der Waals surface area contributed by atoms with Crippen molar-refractivity contribution in [2.24, 2.45) is 0 Å². The molecule has 0 fully saturated rings. The van der Waals surface area contributed by atoms with E-state index < -0.39 is 0 Å². The zero-order valence-corrected chi connectivity index (χ0v) is 11.7. The lowest BCUT2D eigenvalue weighted by Crippen LogP contribution is -2.38. The van der Waals surface area contributed by atoms with E-state index >= 15 is 0 Å². The van der Waals surface area contributed by atoms with Crippen molar-refractivity contribution in [2.45, 2.75) is 25.4 Å². The predicted octanol–water partition coefficient (Wildman–Crippen LogP) is 1.10. The van der Waals surface area contributed by atoms with Crippen LogP contribution in [0.15, 0.2) is 18.2 Å². The molecule has 1 atom stereocenters. The fraction of sp³-hybridized carbons (Fsp3) is 0.571. The van der Waals surface area contributed by atoms with Gasteiger partial charge in [0.2, 0.25) is 0 Å². The number of rotatable bonds is 8. The Morgan fingerprint density at radius 1 is 1.11 bits per heavy atom. The molecule has 0 bridgehead atoms. The maximum absolute atomic E-state index is 9.13. The van der Waals surface area contributed by atoms with Crippen LogP contribution in [-0.2, 0) is 0 Å². The van der Waals surface area contributed by atoms with Crippen LogP contribution in [0.2, 0.25) is 0 Å². The van der Waals surface area contributed by atoms with Crippen molar-refractivity contribution in [3.05, 3.63) is 23.8 Å². The van der Waals surface area contributed by atoms with Gasteiger partial charge in [-0.3, -0.25) is 0 Å². The molecule has 1 unspecified atom stereocenters.